The Hall–Kier alpha value is -2.01. The van der Waals surface area contributed by atoms with Crippen LogP contribution in [0.4, 0.5) is 11.6 Å². The Kier molecular flexibility index (Phi) is 3.53. The molecule has 0 bridgehead atoms. The zero-order valence-electron chi connectivity index (χ0n) is 10.1. The first-order chi connectivity index (χ1) is 8.58. The van der Waals surface area contributed by atoms with Crippen molar-refractivity contribution in [2.24, 2.45) is 0 Å². The number of anilines is 2. The van der Waals surface area contributed by atoms with Crippen LogP contribution in [-0.4, -0.2) is 24.1 Å². The van der Waals surface area contributed by atoms with E-state index in [1.165, 1.54) is 0 Å². The van der Waals surface area contributed by atoms with Crippen LogP contribution in [-0.2, 0) is 0 Å². The van der Waals surface area contributed by atoms with Crippen LogP contribution in [0.25, 0.3) is 0 Å². The van der Waals surface area contributed by atoms with Crippen molar-refractivity contribution in [2.45, 2.75) is 0 Å². The lowest BCUT2D eigenvalue weighted by atomic mass is 10.3. The van der Waals surface area contributed by atoms with Crippen LogP contribution in [0.1, 0.15) is 0 Å². The highest BCUT2D eigenvalue weighted by Gasteiger charge is 2.09. The molecule has 6 heteroatoms. The Morgan fingerprint density at radius 1 is 1.28 bits per heavy atom. The summed E-state index contributed by atoms with van der Waals surface area (Å²) in [5.41, 5.74) is 6.27. The predicted octanol–water partition coefficient (Wildman–Crippen LogP) is 2.57. The van der Waals surface area contributed by atoms with Crippen molar-refractivity contribution in [1.29, 1.82) is 0 Å². The third kappa shape index (κ3) is 2.62. The summed E-state index contributed by atoms with van der Waals surface area (Å²) in [5.74, 6) is 1.36. The quantitative estimate of drug-likeness (QED) is 0.863. The van der Waals surface area contributed by atoms with Gasteiger partial charge in [0.25, 0.3) is 0 Å². The van der Waals surface area contributed by atoms with Gasteiger partial charge in [-0.3, -0.25) is 0 Å². The molecule has 0 unspecified atom stereocenters. The lowest BCUT2D eigenvalue weighted by molar-refractivity contribution is 0.464. The standard InChI is InChI=1S/C12H13ClN4O/c1-17(2)12-15-7-6-10(16-12)18-11-8(13)4-3-5-9(11)14/h3-7H,14H2,1-2H3. The van der Waals surface area contributed by atoms with Crippen molar-refractivity contribution >= 4 is 23.2 Å². The zero-order chi connectivity index (χ0) is 13.1. The third-order valence-electron chi connectivity index (χ3n) is 2.22. The van der Waals surface area contributed by atoms with Crippen molar-refractivity contribution in [3.05, 3.63) is 35.5 Å². The average molecular weight is 265 g/mol. The van der Waals surface area contributed by atoms with Gasteiger partial charge in [-0.2, -0.15) is 4.98 Å². The van der Waals surface area contributed by atoms with Gasteiger partial charge in [-0.05, 0) is 12.1 Å². The number of hydrogen-bond acceptors (Lipinski definition) is 5. The minimum atomic E-state index is 0.397. The summed E-state index contributed by atoms with van der Waals surface area (Å²) in [6.07, 6.45) is 1.62. The van der Waals surface area contributed by atoms with E-state index < -0.39 is 0 Å². The molecule has 0 aliphatic rings. The summed E-state index contributed by atoms with van der Waals surface area (Å²) in [6, 6.07) is 6.84. The van der Waals surface area contributed by atoms with E-state index in [0.717, 1.165) is 0 Å². The Labute approximate surface area is 110 Å². The smallest absolute Gasteiger partial charge is 0.228 e. The van der Waals surface area contributed by atoms with Crippen molar-refractivity contribution < 1.29 is 4.74 Å². The van der Waals surface area contributed by atoms with Gasteiger partial charge in [0.1, 0.15) is 0 Å². The number of nitrogens with two attached hydrogens (primary N) is 1. The van der Waals surface area contributed by atoms with Gasteiger partial charge in [-0.1, -0.05) is 17.7 Å². The summed E-state index contributed by atoms with van der Waals surface area (Å²) < 4.78 is 5.60. The van der Waals surface area contributed by atoms with E-state index in [0.29, 0.717) is 28.3 Å². The third-order valence-corrected chi connectivity index (χ3v) is 2.52. The lowest BCUT2D eigenvalue weighted by Gasteiger charge is -2.12. The number of nitrogens with zero attached hydrogens (tertiary/aromatic N) is 3. The summed E-state index contributed by atoms with van der Waals surface area (Å²) in [5, 5.41) is 0.444. The Morgan fingerprint density at radius 2 is 2.06 bits per heavy atom. The maximum Gasteiger partial charge on any atom is 0.228 e. The van der Waals surface area contributed by atoms with Crippen molar-refractivity contribution in [2.75, 3.05) is 24.7 Å². The molecular weight excluding hydrogens is 252 g/mol. The molecule has 2 aromatic rings. The fourth-order valence-electron chi connectivity index (χ4n) is 1.34. The van der Waals surface area contributed by atoms with Crippen LogP contribution in [0.5, 0.6) is 11.6 Å². The molecule has 1 heterocycles. The number of para-hydroxylation sites is 1. The molecule has 0 aliphatic carbocycles. The summed E-state index contributed by atoms with van der Waals surface area (Å²) in [7, 11) is 3.70. The number of benzene rings is 1. The second kappa shape index (κ2) is 5.10. The fraction of sp³-hybridized carbons (Fsp3) is 0.167. The molecule has 2 rings (SSSR count). The molecule has 0 fully saturated rings. The maximum atomic E-state index is 6.02. The van der Waals surface area contributed by atoms with E-state index >= 15 is 0 Å². The second-order valence-electron chi connectivity index (χ2n) is 3.85. The van der Waals surface area contributed by atoms with Crippen LogP contribution in [0.2, 0.25) is 5.02 Å². The SMILES string of the molecule is CN(C)c1nccc(Oc2c(N)cccc2Cl)n1. The molecule has 0 spiro atoms. The van der Waals surface area contributed by atoms with E-state index in [9.17, 15) is 0 Å². The zero-order valence-corrected chi connectivity index (χ0v) is 10.8. The van der Waals surface area contributed by atoms with Gasteiger partial charge >= 0.3 is 0 Å². The molecule has 0 saturated carbocycles. The normalized spacial score (nSPS) is 10.2. The number of ether oxygens (including phenoxy) is 1. The average Bonchev–Trinajstić information content (AvgIpc) is 2.34. The molecule has 0 saturated heterocycles. The first-order valence-electron chi connectivity index (χ1n) is 5.30. The van der Waals surface area contributed by atoms with Gasteiger partial charge in [0.2, 0.25) is 11.8 Å². The highest BCUT2D eigenvalue weighted by molar-refractivity contribution is 6.32. The van der Waals surface area contributed by atoms with Crippen molar-refractivity contribution in [3.63, 3.8) is 0 Å². The largest absolute Gasteiger partial charge is 0.435 e. The van der Waals surface area contributed by atoms with Gasteiger partial charge in [0, 0.05) is 26.4 Å². The van der Waals surface area contributed by atoms with Gasteiger partial charge in [-0.15, -0.1) is 0 Å². The molecule has 0 aliphatic heterocycles. The van der Waals surface area contributed by atoms with Crippen molar-refractivity contribution in [1.82, 2.24) is 9.97 Å². The molecule has 0 amide bonds. The van der Waals surface area contributed by atoms with Gasteiger partial charge in [-0.25, -0.2) is 4.98 Å². The van der Waals surface area contributed by atoms with E-state index in [1.807, 2.05) is 14.1 Å². The van der Waals surface area contributed by atoms with Gasteiger partial charge < -0.3 is 15.4 Å². The molecule has 5 nitrogen and oxygen atoms in total. The molecule has 1 aromatic carbocycles. The minimum absolute atomic E-state index is 0.397. The predicted molar refractivity (Wildman–Crippen MR) is 72.3 cm³/mol. The van der Waals surface area contributed by atoms with Crippen LogP contribution >= 0.6 is 11.6 Å². The summed E-state index contributed by atoms with van der Waals surface area (Å²) in [6.45, 7) is 0. The minimum Gasteiger partial charge on any atom is -0.435 e. The van der Waals surface area contributed by atoms with Gasteiger partial charge in [0.15, 0.2) is 5.75 Å². The van der Waals surface area contributed by atoms with Gasteiger partial charge in [0.05, 0.1) is 10.7 Å². The lowest BCUT2D eigenvalue weighted by Crippen LogP contribution is -2.12. The van der Waals surface area contributed by atoms with E-state index in [4.69, 9.17) is 22.1 Å². The molecule has 94 valence electrons. The van der Waals surface area contributed by atoms with Crippen LogP contribution in [0, 0.1) is 0 Å². The summed E-state index contributed by atoms with van der Waals surface area (Å²) >= 11 is 6.02. The first-order valence-corrected chi connectivity index (χ1v) is 5.68. The van der Waals surface area contributed by atoms with Crippen molar-refractivity contribution in [3.8, 4) is 11.6 Å². The number of nitrogen functional groups attached to an aromatic ring is 1. The highest BCUT2D eigenvalue weighted by atomic mass is 35.5. The topological polar surface area (TPSA) is 64.3 Å². The Balaban J connectivity index is 2.31. The Bertz CT molecular complexity index is 539. The molecule has 2 N–H and O–H groups in total. The number of hydrogen-bond donors (Lipinski definition) is 1. The molecule has 1 aromatic heterocycles. The number of rotatable bonds is 3. The molecule has 18 heavy (non-hydrogen) atoms. The summed E-state index contributed by atoms with van der Waals surface area (Å²) in [4.78, 5) is 10.1. The first kappa shape index (κ1) is 12.4. The Morgan fingerprint density at radius 3 is 2.72 bits per heavy atom. The number of aromatic nitrogens is 2. The van der Waals surface area contributed by atoms with E-state index in [-0.39, 0.29) is 0 Å². The second-order valence-corrected chi connectivity index (χ2v) is 4.26. The molecular formula is C12H13ClN4O. The van der Waals surface area contributed by atoms with Crippen LogP contribution < -0.4 is 15.4 Å². The van der Waals surface area contributed by atoms with E-state index in [2.05, 4.69) is 9.97 Å². The monoisotopic (exact) mass is 264 g/mol. The maximum absolute atomic E-state index is 6.02. The van der Waals surface area contributed by atoms with Crippen LogP contribution in [0.15, 0.2) is 30.5 Å². The number of halogens is 1. The molecule has 0 atom stereocenters. The van der Waals surface area contributed by atoms with Crippen LogP contribution in [0.3, 0.4) is 0 Å². The molecule has 0 radical (unpaired) electrons. The highest BCUT2D eigenvalue weighted by Crippen LogP contribution is 2.33. The van der Waals surface area contributed by atoms with E-state index in [1.54, 1.807) is 35.4 Å². The fourth-order valence-corrected chi connectivity index (χ4v) is 1.56.